The van der Waals surface area contributed by atoms with Crippen molar-refractivity contribution in [3.8, 4) is 0 Å². The second-order valence-electron chi connectivity index (χ2n) is 5.53. The number of nitrogens with zero attached hydrogens (tertiary/aromatic N) is 4. The van der Waals surface area contributed by atoms with Gasteiger partial charge in [-0.1, -0.05) is 17.7 Å². The van der Waals surface area contributed by atoms with Crippen LogP contribution in [-0.2, 0) is 11.2 Å². The monoisotopic (exact) mass is 344 g/mol. The molecule has 1 aliphatic rings. The van der Waals surface area contributed by atoms with Crippen LogP contribution in [0.1, 0.15) is 16.2 Å². The summed E-state index contributed by atoms with van der Waals surface area (Å²) in [6.45, 7) is 2.00. The Kier molecular flexibility index (Phi) is 5.05. The first-order chi connectivity index (χ1) is 11.6. The number of hydrogen-bond acceptors (Lipinski definition) is 4. The minimum absolute atomic E-state index is 0.0293. The molecule has 0 N–H and O–H groups in total. The summed E-state index contributed by atoms with van der Waals surface area (Å²) in [5.74, 6) is -0.129. The Morgan fingerprint density at radius 2 is 1.75 bits per heavy atom. The summed E-state index contributed by atoms with van der Waals surface area (Å²) >= 11 is 5.90. The van der Waals surface area contributed by atoms with E-state index in [-0.39, 0.29) is 18.2 Å². The van der Waals surface area contributed by atoms with E-state index in [0.29, 0.717) is 36.9 Å². The first-order valence-electron chi connectivity index (χ1n) is 7.72. The Morgan fingerprint density at radius 3 is 2.42 bits per heavy atom. The molecule has 0 spiro atoms. The maximum Gasteiger partial charge on any atom is 0.272 e. The number of aromatic nitrogens is 2. The van der Waals surface area contributed by atoms with Crippen LogP contribution in [0.2, 0.25) is 5.02 Å². The van der Waals surface area contributed by atoms with Crippen molar-refractivity contribution in [3.05, 3.63) is 59.1 Å². The highest BCUT2D eigenvalue weighted by atomic mass is 35.5. The number of piperazine rings is 1. The van der Waals surface area contributed by atoms with Gasteiger partial charge >= 0.3 is 0 Å². The molecule has 1 saturated heterocycles. The van der Waals surface area contributed by atoms with E-state index in [4.69, 9.17) is 11.6 Å². The lowest BCUT2D eigenvalue weighted by Gasteiger charge is -2.34. The van der Waals surface area contributed by atoms with E-state index in [9.17, 15) is 9.59 Å². The molecule has 124 valence electrons. The molecule has 24 heavy (non-hydrogen) atoms. The maximum absolute atomic E-state index is 12.4. The summed E-state index contributed by atoms with van der Waals surface area (Å²) in [4.78, 5) is 36.4. The molecule has 0 aliphatic carbocycles. The van der Waals surface area contributed by atoms with E-state index in [1.807, 2.05) is 18.2 Å². The van der Waals surface area contributed by atoms with Gasteiger partial charge in [-0.2, -0.15) is 0 Å². The SMILES string of the molecule is O=C(Cc1ccccn1)N1CCN(C(=O)c2cc(Cl)ccn2)CC1. The van der Waals surface area contributed by atoms with Crippen LogP contribution in [0, 0.1) is 0 Å². The lowest BCUT2D eigenvalue weighted by atomic mass is 10.2. The van der Waals surface area contributed by atoms with E-state index in [1.54, 1.807) is 28.1 Å². The van der Waals surface area contributed by atoms with Crippen LogP contribution in [-0.4, -0.2) is 57.8 Å². The molecule has 0 unspecified atom stereocenters. The van der Waals surface area contributed by atoms with Crippen molar-refractivity contribution < 1.29 is 9.59 Å². The standard InChI is InChI=1S/C17H17ClN4O2/c18-13-4-6-20-15(11-13)17(24)22-9-7-21(8-10-22)16(23)12-14-3-1-2-5-19-14/h1-6,11H,7-10,12H2. The topological polar surface area (TPSA) is 66.4 Å². The van der Waals surface area contributed by atoms with Crippen molar-refractivity contribution in [1.82, 2.24) is 19.8 Å². The average Bonchev–Trinajstić information content (AvgIpc) is 2.62. The van der Waals surface area contributed by atoms with Gasteiger partial charge in [0.15, 0.2) is 0 Å². The van der Waals surface area contributed by atoms with Crippen molar-refractivity contribution in [2.24, 2.45) is 0 Å². The van der Waals surface area contributed by atoms with Gasteiger partial charge in [-0.05, 0) is 24.3 Å². The molecular formula is C17H17ClN4O2. The summed E-state index contributed by atoms with van der Waals surface area (Å²) in [6.07, 6.45) is 3.48. The van der Waals surface area contributed by atoms with Crippen molar-refractivity contribution in [3.63, 3.8) is 0 Å². The summed E-state index contributed by atoms with van der Waals surface area (Å²) in [5.41, 5.74) is 1.08. The molecule has 1 fully saturated rings. The molecule has 0 radical (unpaired) electrons. The minimum atomic E-state index is -0.158. The second kappa shape index (κ2) is 7.40. The number of rotatable bonds is 3. The number of halogens is 1. The van der Waals surface area contributed by atoms with E-state index in [1.165, 1.54) is 6.20 Å². The summed E-state index contributed by atoms with van der Waals surface area (Å²) < 4.78 is 0. The average molecular weight is 345 g/mol. The lowest BCUT2D eigenvalue weighted by Crippen LogP contribution is -2.51. The molecule has 2 amide bonds. The third kappa shape index (κ3) is 3.89. The maximum atomic E-state index is 12.4. The van der Waals surface area contributed by atoms with E-state index in [0.717, 1.165) is 5.69 Å². The summed E-state index contributed by atoms with van der Waals surface area (Å²) in [5, 5.41) is 0.484. The Bertz CT molecular complexity index is 730. The van der Waals surface area contributed by atoms with Crippen molar-refractivity contribution in [2.75, 3.05) is 26.2 Å². The highest BCUT2D eigenvalue weighted by Crippen LogP contribution is 2.12. The van der Waals surface area contributed by atoms with Crippen LogP contribution >= 0.6 is 11.6 Å². The highest BCUT2D eigenvalue weighted by molar-refractivity contribution is 6.30. The number of pyridine rings is 2. The Balaban J connectivity index is 1.55. The number of carbonyl (C=O) groups excluding carboxylic acids is 2. The number of hydrogen-bond donors (Lipinski definition) is 0. The van der Waals surface area contributed by atoms with Gasteiger partial charge in [0.25, 0.3) is 5.91 Å². The normalized spacial score (nSPS) is 14.5. The highest BCUT2D eigenvalue weighted by Gasteiger charge is 2.25. The van der Waals surface area contributed by atoms with Crippen LogP contribution in [0.15, 0.2) is 42.7 Å². The van der Waals surface area contributed by atoms with Gasteiger partial charge in [0, 0.05) is 49.3 Å². The zero-order chi connectivity index (χ0) is 16.9. The van der Waals surface area contributed by atoms with Gasteiger partial charge in [0.1, 0.15) is 5.69 Å². The Morgan fingerprint density at radius 1 is 1.00 bits per heavy atom. The predicted molar refractivity (Wildman–Crippen MR) is 89.7 cm³/mol. The fourth-order valence-electron chi connectivity index (χ4n) is 2.61. The molecule has 7 heteroatoms. The molecule has 1 aliphatic heterocycles. The third-order valence-electron chi connectivity index (χ3n) is 3.92. The van der Waals surface area contributed by atoms with E-state index in [2.05, 4.69) is 9.97 Å². The van der Waals surface area contributed by atoms with Gasteiger partial charge in [0.2, 0.25) is 5.91 Å². The van der Waals surface area contributed by atoms with E-state index < -0.39 is 0 Å². The van der Waals surface area contributed by atoms with E-state index >= 15 is 0 Å². The van der Waals surface area contributed by atoms with Crippen LogP contribution in [0.5, 0.6) is 0 Å². The number of amides is 2. The second-order valence-corrected chi connectivity index (χ2v) is 5.97. The molecular weight excluding hydrogens is 328 g/mol. The van der Waals surface area contributed by atoms with Gasteiger partial charge in [-0.25, -0.2) is 0 Å². The summed E-state index contributed by atoms with van der Waals surface area (Å²) in [7, 11) is 0. The molecule has 0 atom stereocenters. The first-order valence-corrected chi connectivity index (χ1v) is 8.10. The van der Waals surface area contributed by atoms with Gasteiger partial charge in [-0.3, -0.25) is 19.6 Å². The molecule has 2 aromatic heterocycles. The van der Waals surface area contributed by atoms with Crippen molar-refractivity contribution in [2.45, 2.75) is 6.42 Å². The fourth-order valence-corrected chi connectivity index (χ4v) is 2.77. The van der Waals surface area contributed by atoms with Crippen LogP contribution in [0.25, 0.3) is 0 Å². The largest absolute Gasteiger partial charge is 0.339 e. The molecule has 2 aromatic rings. The zero-order valence-electron chi connectivity index (χ0n) is 13.1. The van der Waals surface area contributed by atoms with Gasteiger partial charge in [-0.15, -0.1) is 0 Å². The Hall–Kier alpha value is -2.47. The van der Waals surface area contributed by atoms with Gasteiger partial charge in [0.05, 0.1) is 6.42 Å². The molecule has 0 bridgehead atoms. The molecule has 6 nitrogen and oxygen atoms in total. The smallest absolute Gasteiger partial charge is 0.272 e. The quantitative estimate of drug-likeness (QED) is 0.849. The van der Waals surface area contributed by atoms with Gasteiger partial charge < -0.3 is 9.80 Å². The van der Waals surface area contributed by atoms with Crippen LogP contribution < -0.4 is 0 Å². The van der Waals surface area contributed by atoms with Crippen molar-refractivity contribution in [1.29, 1.82) is 0 Å². The predicted octanol–water partition coefficient (Wildman–Crippen LogP) is 1.66. The minimum Gasteiger partial charge on any atom is -0.339 e. The Labute approximate surface area is 145 Å². The zero-order valence-corrected chi connectivity index (χ0v) is 13.8. The third-order valence-corrected chi connectivity index (χ3v) is 4.15. The fraction of sp³-hybridized carbons (Fsp3) is 0.294. The molecule has 3 heterocycles. The van der Waals surface area contributed by atoms with Crippen LogP contribution in [0.3, 0.4) is 0 Å². The first kappa shape index (κ1) is 16.4. The lowest BCUT2D eigenvalue weighted by molar-refractivity contribution is -0.132. The molecule has 0 aromatic carbocycles. The van der Waals surface area contributed by atoms with Crippen molar-refractivity contribution >= 4 is 23.4 Å². The molecule has 3 rings (SSSR count). The van der Waals surface area contributed by atoms with Crippen LogP contribution in [0.4, 0.5) is 0 Å². The number of carbonyl (C=O) groups is 2. The summed E-state index contributed by atoms with van der Waals surface area (Å²) in [6, 6.07) is 8.71. The molecule has 0 saturated carbocycles.